The van der Waals surface area contributed by atoms with Gasteiger partial charge in [-0.3, -0.25) is 18.9 Å². The summed E-state index contributed by atoms with van der Waals surface area (Å²) in [6.07, 6.45) is -0.481. The van der Waals surface area contributed by atoms with Crippen molar-refractivity contribution < 1.29 is 32.6 Å². The molecule has 13 heteroatoms. The Bertz CT molecular complexity index is 1420. The molecule has 3 aromatic rings. The maximum absolute atomic E-state index is 13.7. The summed E-state index contributed by atoms with van der Waals surface area (Å²) in [5.74, 6) is -0.127. The Labute approximate surface area is 218 Å². The molecular formula is C25H28N3O9P. The first-order valence-electron chi connectivity index (χ1n) is 11.8. The van der Waals surface area contributed by atoms with Crippen molar-refractivity contribution >= 4 is 13.7 Å². The van der Waals surface area contributed by atoms with Gasteiger partial charge in [0.05, 0.1) is 6.61 Å². The number of rotatable bonds is 10. The third-order valence-electron chi connectivity index (χ3n) is 5.48. The Morgan fingerprint density at radius 3 is 2.55 bits per heavy atom. The van der Waals surface area contributed by atoms with Crippen molar-refractivity contribution in [3.8, 4) is 11.5 Å². The van der Waals surface area contributed by atoms with Gasteiger partial charge >= 0.3 is 19.4 Å². The highest BCUT2D eigenvalue weighted by Gasteiger charge is 2.36. The van der Waals surface area contributed by atoms with E-state index in [2.05, 4.69) is 10.1 Å². The summed E-state index contributed by atoms with van der Waals surface area (Å²) in [6.45, 7) is 4.53. The molecule has 2 N–H and O–H groups in total. The van der Waals surface area contributed by atoms with E-state index in [0.29, 0.717) is 11.3 Å². The number of benzene rings is 2. The number of nitrogens with one attached hydrogen (secondary N) is 2. The molecule has 1 aliphatic rings. The number of aromatic amines is 1. The third-order valence-corrected chi connectivity index (χ3v) is 7.13. The molecule has 12 nitrogen and oxygen atoms in total. The van der Waals surface area contributed by atoms with Crippen LogP contribution < -0.4 is 25.6 Å². The average molecular weight is 545 g/mol. The smallest absolute Gasteiger partial charge is 0.425 e. The number of H-pyrrole nitrogens is 1. The molecule has 1 saturated heterocycles. The molecule has 2 aromatic carbocycles. The number of para-hydroxylation sites is 1. The minimum Gasteiger partial charge on any atom is -0.425 e. The molecule has 1 fully saturated rings. The van der Waals surface area contributed by atoms with Crippen molar-refractivity contribution in [2.24, 2.45) is 0 Å². The fraction of sp³-hybridized carbons (Fsp3) is 0.320. The van der Waals surface area contributed by atoms with Gasteiger partial charge in [0.25, 0.3) is 5.56 Å². The van der Waals surface area contributed by atoms with Gasteiger partial charge in [-0.1, -0.05) is 35.9 Å². The van der Waals surface area contributed by atoms with Crippen LogP contribution in [-0.4, -0.2) is 41.1 Å². The van der Waals surface area contributed by atoms with Crippen molar-refractivity contribution in [1.82, 2.24) is 14.6 Å². The van der Waals surface area contributed by atoms with E-state index >= 15 is 0 Å². The minimum atomic E-state index is -4.17. The van der Waals surface area contributed by atoms with Crippen molar-refractivity contribution in [3.05, 3.63) is 92.8 Å². The summed E-state index contributed by atoms with van der Waals surface area (Å²) in [6, 6.07) is 14.1. The summed E-state index contributed by atoms with van der Waals surface area (Å²) in [5.41, 5.74) is 0.138. The van der Waals surface area contributed by atoms with Gasteiger partial charge in [0, 0.05) is 11.8 Å². The second-order valence-corrected chi connectivity index (χ2v) is 10.3. The van der Waals surface area contributed by atoms with Crippen molar-refractivity contribution in [3.63, 3.8) is 0 Å². The van der Waals surface area contributed by atoms with Crippen molar-refractivity contribution in [2.45, 2.75) is 39.3 Å². The average Bonchev–Trinajstić information content (AvgIpc) is 3.36. The maximum atomic E-state index is 13.7. The molecule has 0 spiro atoms. The van der Waals surface area contributed by atoms with E-state index < -0.39 is 43.5 Å². The Kier molecular flexibility index (Phi) is 8.60. The first kappa shape index (κ1) is 27.5. The Morgan fingerprint density at radius 2 is 1.84 bits per heavy atom. The molecular weight excluding hydrogens is 517 g/mol. The lowest BCUT2D eigenvalue weighted by atomic mass is 10.2. The quantitative estimate of drug-likeness (QED) is 0.221. The first-order valence-corrected chi connectivity index (χ1v) is 13.3. The fourth-order valence-corrected chi connectivity index (χ4v) is 4.92. The number of ether oxygens (including phenoxy) is 3. The van der Waals surface area contributed by atoms with Gasteiger partial charge in [-0.25, -0.2) is 14.2 Å². The molecule has 1 unspecified atom stereocenters. The van der Waals surface area contributed by atoms with E-state index in [4.69, 9.17) is 23.3 Å². The van der Waals surface area contributed by atoms with Gasteiger partial charge in [0.2, 0.25) is 0 Å². The van der Waals surface area contributed by atoms with Crippen molar-refractivity contribution in [1.29, 1.82) is 0 Å². The zero-order valence-corrected chi connectivity index (χ0v) is 21.9. The predicted molar refractivity (Wildman–Crippen MR) is 136 cm³/mol. The Balaban J connectivity index is 1.44. The molecule has 0 bridgehead atoms. The standard InChI is InChI=1S/C25H28N3O9P/c1-16-9-11-20(12-10-16)37-38(32,27-18(3)24(30)35-19-7-5-4-6-8-19)34-15-22-33-14-21(36-22)28-13-17(2)23(29)26-25(28)31/h4-13,18,21-22H,14-15H2,1-3H3,(H,27,32)(H,26,29,31)/t18-,21+,22+,38?/m0/s1. The highest BCUT2D eigenvalue weighted by atomic mass is 31.2. The number of aryl methyl sites for hydroxylation is 2. The highest BCUT2D eigenvalue weighted by Crippen LogP contribution is 2.45. The van der Waals surface area contributed by atoms with Gasteiger partial charge in [-0.2, -0.15) is 5.09 Å². The Hall–Kier alpha value is -3.54. The predicted octanol–water partition coefficient (Wildman–Crippen LogP) is 2.81. The Morgan fingerprint density at radius 1 is 1.13 bits per heavy atom. The largest absolute Gasteiger partial charge is 0.459 e. The molecule has 2 heterocycles. The van der Waals surface area contributed by atoms with E-state index in [1.165, 1.54) is 17.7 Å². The minimum absolute atomic E-state index is 0.0181. The number of hydrogen-bond donors (Lipinski definition) is 2. The maximum Gasteiger partial charge on any atom is 0.459 e. The molecule has 0 aliphatic carbocycles. The van der Waals surface area contributed by atoms with Gasteiger partial charge in [0.15, 0.2) is 12.5 Å². The number of hydrogen-bond acceptors (Lipinski definition) is 9. The number of carbonyl (C=O) groups excluding carboxylic acids is 1. The SMILES string of the molecule is Cc1ccc(OP(=O)(N[C@@H](C)C(=O)Oc2ccccc2)OC[C@@H]2OC[C@H](n3cc(C)c(=O)[nH]c3=O)O2)cc1. The number of aromatic nitrogens is 2. The van der Waals surface area contributed by atoms with E-state index in [0.717, 1.165) is 5.56 Å². The zero-order chi connectivity index (χ0) is 27.3. The topological polar surface area (TPSA) is 147 Å². The second-order valence-electron chi connectivity index (χ2n) is 8.61. The van der Waals surface area contributed by atoms with E-state index in [1.807, 2.05) is 6.92 Å². The normalized spacial score (nSPS) is 19.4. The third kappa shape index (κ3) is 7.06. The molecule has 4 atom stereocenters. The van der Waals surface area contributed by atoms with Crippen LogP contribution in [0.4, 0.5) is 0 Å². The van der Waals surface area contributed by atoms with Gasteiger partial charge in [-0.15, -0.1) is 0 Å². The van der Waals surface area contributed by atoms with E-state index in [1.54, 1.807) is 61.5 Å². The van der Waals surface area contributed by atoms with Crippen LogP contribution in [0.15, 0.2) is 70.4 Å². The number of carbonyl (C=O) groups is 1. The summed E-state index contributed by atoms with van der Waals surface area (Å²) in [4.78, 5) is 38.6. The van der Waals surface area contributed by atoms with Crippen LogP contribution in [-0.2, 0) is 23.4 Å². The molecule has 0 radical (unpaired) electrons. The van der Waals surface area contributed by atoms with E-state index in [-0.39, 0.29) is 19.0 Å². The van der Waals surface area contributed by atoms with Crippen LogP contribution in [0.3, 0.4) is 0 Å². The second kappa shape index (κ2) is 11.9. The van der Waals surface area contributed by atoms with Crippen LogP contribution in [0.25, 0.3) is 0 Å². The summed E-state index contributed by atoms with van der Waals surface area (Å²) in [5, 5.41) is 2.60. The van der Waals surface area contributed by atoms with Gasteiger partial charge in [0.1, 0.15) is 24.1 Å². The van der Waals surface area contributed by atoms with Crippen LogP contribution in [0.1, 0.15) is 24.3 Å². The molecule has 1 aromatic heterocycles. The molecule has 4 rings (SSSR count). The van der Waals surface area contributed by atoms with Crippen LogP contribution in [0.2, 0.25) is 0 Å². The summed E-state index contributed by atoms with van der Waals surface area (Å²) in [7, 11) is -4.17. The number of esters is 1. The monoisotopic (exact) mass is 545 g/mol. The lowest BCUT2D eigenvalue weighted by Crippen LogP contribution is -2.37. The molecule has 1 aliphatic heterocycles. The lowest BCUT2D eigenvalue weighted by Gasteiger charge is -2.24. The highest BCUT2D eigenvalue weighted by molar-refractivity contribution is 7.52. The van der Waals surface area contributed by atoms with Crippen molar-refractivity contribution in [2.75, 3.05) is 13.2 Å². The van der Waals surface area contributed by atoms with E-state index in [9.17, 15) is 18.9 Å². The molecule has 202 valence electrons. The summed E-state index contributed by atoms with van der Waals surface area (Å²) >= 11 is 0. The molecule has 0 amide bonds. The van der Waals surface area contributed by atoms with Crippen LogP contribution in [0.5, 0.6) is 11.5 Å². The van der Waals surface area contributed by atoms with Crippen LogP contribution in [0, 0.1) is 13.8 Å². The van der Waals surface area contributed by atoms with Gasteiger partial charge in [-0.05, 0) is 45.0 Å². The number of nitrogens with zero attached hydrogens (tertiary/aromatic N) is 1. The summed E-state index contributed by atoms with van der Waals surface area (Å²) < 4.78 is 42.7. The van der Waals surface area contributed by atoms with Crippen LogP contribution >= 0.6 is 7.75 Å². The molecule has 38 heavy (non-hydrogen) atoms. The molecule has 0 saturated carbocycles. The first-order chi connectivity index (χ1) is 18.1. The van der Waals surface area contributed by atoms with Gasteiger partial charge < -0.3 is 18.7 Å². The zero-order valence-electron chi connectivity index (χ0n) is 21.0. The fourth-order valence-electron chi connectivity index (χ4n) is 3.45. The lowest BCUT2D eigenvalue weighted by molar-refractivity contribution is -0.136.